The number of carbonyl (C=O) groups excluding carboxylic acids is 2. The van der Waals surface area contributed by atoms with Gasteiger partial charge in [0.15, 0.2) is 5.82 Å². The molecule has 0 saturated carbocycles. The van der Waals surface area contributed by atoms with Gasteiger partial charge in [-0.3, -0.25) is 14.5 Å². The van der Waals surface area contributed by atoms with Gasteiger partial charge in [0.1, 0.15) is 12.3 Å². The van der Waals surface area contributed by atoms with Gasteiger partial charge in [0.25, 0.3) is 0 Å². The molecule has 0 aliphatic carbocycles. The van der Waals surface area contributed by atoms with Crippen LogP contribution in [0.15, 0.2) is 28.8 Å². The van der Waals surface area contributed by atoms with Crippen LogP contribution in [0.1, 0.15) is 37.7 Å². The van der Waals surface area contributed by atoms with Crippen molar-refractivity contribution in [2.75, 3.05) is 16.8 Å². The molecule has 0 radical (unpaired) electrons. The summed E-state index contributed by atoms with van der Waals surface area (Å²) in [5, 5.41) is 6.77. The molecule has 0 atom stereocenters. The van der Waals surface area contributed by atoms with E-state index in [0.717, 1.165) is 29.7 Å². The van der Waals surface area contributed by atoms with Gasteiger partial charge in [-0.1, -0.05) is 37.2 Å². The summed E-state index contributed by atoms with van der Waals surface area (Å²) < 4.78 is 4.99. The lowest BCUT2D eigenvalue weighted by atomic mass is 10.0. The Kier molecular flexibility index (Phi) is 5.73. The van der Waals surface area contributed by atoms with Crippen LogP contribution in [0, 0.1) is 6.92 Å². The molecule has 0 saturated heterocycles. The largest absolute Gasteiger partial charge is 0.360 e. The van der Waals surface area contributed by atoms with E-state index in [4.69, 9.17) is 4.52 Å². The van der Waals surface area contributed by atoms with E-state index in [9.17, 15) is 9.59 Å². The highest BCUT2D eigenvalue weighted by molar-refractivity contribution is 6.01. The average molecular weight is 329 g/mol. The summed E-state index contributed by atoms with van der Waals surface area (Å²) in [6.07, 6.45) is 1.64. The maximum atomic E-state index is 12.5. The Morgan fingerprint density at radius 2 is 1.83 bits per heavy atom. The fourth-order valence-electron chi connectivity index (χ4n) is 2.56. The second-order valence-electron chi connectivity index (χ2n) is 5.61. The number of nitrogens with one attached hydrogen (secondary N) is 1. The van der Waals surface area contributed by atoms with E-state index >= 15 is 0 Å². The molecule has 0 aliphatic heterocycles. The van der Waals surface area contributed by atoms with E-state index in [1.54, 1.807) is 13.0 Å². The van der Waals surface area contributed by atoms with Crippen molar-refractivity contribution in [3.8, 4) is 0 Å². The van der Waals surface area contributed by atoms with Gasteiger partial charge in [-0.25, -0.2) is 0 Å². The molecule has 1 N–H and O–H groups in total. The normalized spacial score (nSPS) is 10.5. The van der Waals surface area contributed by atoms with Gasteiger partial charge >= 0.3 is 0 Å². The third-order valence-corrected chi connectivity index (χ3v) is 3.84. The molecule has 6 nitrogen and oxygen atoms in total. The molecule has 1 aromatic heterocycles. The first-order chi connectivity index (χ1) is 11.5. The number of carbonyl (C=O) groups is 2. The van der Waals surface area contributed by atoms with Crippen molar-refractivity contribution in [2.24, 2.45) is 0 Å². The number of amides is 2. The van der Waals surface area contributed by atoms with Crippen LogP contribution in [0.2, 0.25) is 0 Å². The highest BCUT2D eigenvalue weighted by Gasteiger charge is 2.20. The second kappa shape index (κ2) is 7.77. The fourth-order valence-corrected chi connectivity index (χ4v) is 2.56. The summed E-state index contributed by atoms with van der Waals surface area (Å²) >= 11 is 0. The van der Waals surface area contributed by atoms with Crippen molar-refractivity contribution in [3.63, 3.8) is 0 Å². The van der Waals surface area contributed by atoms with Crippen LogP contribution in [0.5, 0.6) is 0 Å². The summed E-state index contributed by atoms with van der Waals surface area (Å²) in [6.45, 7) is 7.12. The Bertz CT molecular complexity index is 715. The van der Waals surface area contributed by atoms with Gasteiger partial charge in [0, 0.05) is 18.7 Å². The van der Waals surface area contributed by atoms with E-state index in [1.807, 2.05) is 32.0 Å². The number of aromatic nitrogens is 1. The van der Waals surface area contributed by atoms with Gasteiger partial charge in [0.2, 0.25) is 11.8 Å². The standard InChI is InChI=1S/C18H23N3O3/c1-5-14-8-7-9-15(6-2)18(14)19-17(23)11-21(13(4)22)16-10-12(3)24-20-16/h7-10H,5-6,11H2,1-4H3,(H,19,23). The smallest absolute Gasteiger partial charge is 0.244 e. The lowest BCUT2D eigenvalue weighted by molar-refractivity contribution is -0.120. The zero-order valence-corrected chi connectivity index (χ0v) is 14.5. The first-order valence-corrected chi connectivity index (χ1v) is 8.08. The minimum absolute atomic E-state index is 0.109. The van der Waals surface area contributed by atoms with Gasteiger partial charge in [0.05, 0.1) is 0 Å². The molecule has 0 fully saturated rings. The molecule has 128 valence electrons. The van der Waals surface area contributed by atoms with Crippen molar-refractivity contribution in [1.29, 1.82) is 0 Å². The second-order valence-corrected chi connectivity index (χ2v) is 5.61. The predicted octanol–water partition coefficient (Wildman–Crippen LogP) is 3.10. The Balaban J connectivity index is 2.19. The minimum Gasteiger partial charge on any atom is -0.360 e. The predicted molar refractivity (Wildman–Crippen MR) is 93.1 cm³/mol. The van der Waals surface area contributed by atoms with E-state index < -0.39 is 0 Å². The highest BCUT2D eigenvalue weighted by Crippen LogP contribution is 2.23. The van der Waals surface area contributed by atoms with Gasteiger partial charge in [-0.2, -0.15) is 0 Å². The Hall–Kier alpha value is -2.63. The SMILES string of the molecule is CCc1cccc(CC)c1NC(=O)CN(C(C)=O)c1cc(C)on1. The molecule has 1 heterocycles. The van der Waals surface area contributed by atoms with E-state index in [-0.39, 0.29) is 18.4 Å². The van der Waals surface area contributed by atoms with Crippen LogP contribution < -0.4 is 10.2 Å². The third kappa shape index (κ3) is 4.01. The molecule has 0 bridgehead atoms. The number of nitrogens with zero attached hydrogens (tertiary/aromatic N) is 2. The van der Waals surface area contributed by atoms with Crippen LogP contribution in [-0.2, 0) is 22.4 Å². The van der Waals surface area contributed by atoms with Crippen molar-refractivity contribution < 1.29 is 14.1 Å². The molecular formula is C18H23N3O3. The first kappa shape index (κ1) is 17.7. The zero-order valence-electron chi connectivity index (χ0n) is 14.5. The molecule has 24 heavy (non-hydrogen) atoms. The maximum absolute atomic E-state index is 12.5. The summed E-state index contributed by atoms with van der Waals surface area (Å²) in [7, 11) is 0. The van der Waals surface area contributed by atoms with Gasteiger partial charge in [-0.05, 0) is 30.9 Å². The molecular weight excluding hydrogens is 306 g/mol. The number of para-hydroxylation sites is 1. The van der Waals surface area contributed by atoms with E-state index in [0.29, 0.717) is 11.6 Å². The Morgan fingerprint density at radius 3 is 2.29 bits per heavy atom. The number of rotatable bonds is 6. The maximum Gasteiger partial charge on any atom is 0.244 e. The number of anilines is 2. The summed E-state index contributed by atoms with van der Waals surface area (Å²) in [5.41, 5.74) is 3.00. The molecule has 2 aromatic rings. The Labute approximate surface area is 141 Å². The third-order valence-electron chi connectivity index (χ3n) is 3.84. The molecule has 0 unspecified atom stereocenters. The van der Waals surface area contributed by atoms with Crippen LogP contribution >= 0.6 is 0 Å². The molecule has 0 spiro atoms. The molecule has 1 aromatic carbocycles. The topological polar surface area (TPSA) is 75.4 Å². The quantitative estimate of drug-likeness (QED) is 0.883. The summed E-state index contributed by atoms with van der Waals surface area (Å²) in [4.78, 5) is 25.6. The summed E-state index contributed by atoms with van der Waals surface area (Å²) in [5.74, 6) is 0.398. The van der Waals surface area contributed by atoms with Crippen molar-refractivity contribution in [2.45, 2.75) is 40.5 Å². The van der Waals surface area contributed by atoms with Crippen LogP contribution in [0.25, 0.3) is 0 Å². The van der Waals surface area contributed by atoms with Gasteiger partial charge in [-0.15, -0.1) is 0 Å². The first-order valence-electron chi connectivity index (χ1n) is 8.08. The monoisotopic (exact) mass is 329 g/mol. The van der Waals surface area contributed by atoms with Crippen molar-refractivity contribution in [3.05, 3.63) is 41.2 Å². The highest BCUT2D eigenvalue weighted by atomic mass is 16.5. The molecule has 0 aliphatic rings. The van der Waals surface area contributed by atoms with Crippen molar-refractivity contribution in [1.82, 2.24) is 5.16 Å². The molecule has 6 heteroatoms. The van der Waals surface area contributed by atoms with E-state index in [2.05, 4.69) is 10.5 Å². The number of aryl methyl sites for hydroxylation is 3. The minimum atomic E-state index is -0.266. The molecule has 2 amide bonds. The number of hydrogen-bond acceptors (Lipinski definition) is 4. The lowest BCUT2D eigenvalue weighted by Gasteiger charge is -2.19. The number of hydrogen-bond donors (Lipinski definition) is 1. The molecule has 2 rings (SSSR count). The average Bonchev–Trinajstić information content (AvgIpc) is 2.98. The van der Waals surface area contributed by atoms with Gasteiger partial charge < -0.3 is 9.84 Å². The zero-order chi connectivity index (χ0) is 17.7. The van der Waals surface area contributed by atoms with Crippen LogP contribution in [0.3, 0.4) is 0 Å². The Morgan fingerprint density at radius 1 is 1.21 bits per heavy atom. The van der Waals surface area contributed by atoms with E-state index in [1.165, 1.54) is 11.8 Å². The summed E-state index contributed by atoms with van der Waals surface area (Å²) in [6, 6.07) is 7.62. The van der Waals surface area contributed by atoms with Crippen LogP contribution in [-0.4, -0.2) is 23.5 Å². The number of benzene rings is 1. The fraction of sp³-hybridized carbons (Fsp3) is 0.389. The van der Waals surface area contributed by atoms with Crippen molar-refractivity contribution >= 4 is 23.3 Å². The van der Waals surface area contributed by atoms with Crippen LogP contribution in [0.4, 0.5) is 11.5 Å². The lowest BCUT2D eigenvalue weighted by Crippen LogP contribution is -2.37.